The molecule has 0 saturated carbocycles. The molecule has 0 bridgehead atoms. The van der Waals surface area contributed by atoms with E-state index in [9.17, 15) is 10.0 Å². The highest BCUT2D eigenvalue weighted by Crippen LogP contribution is 2.06. The van der Waals surface area contributed by atoms with Crippen LogP contribution in [-0.4, -0.2) is 5.97 Å². The van der Waals surface area contributed by atoms with Crippen LogP contribution in [0.1, 0.15) is 16.1 Å². The Bertz CT molecular complexity index is 557. The quantitative estimate of drug-likeness (QED) is 0.370. The van der Waals surface area contributed by atoms with Crippen molar-refractivity contribution in [3.05, 3.63) is 70.1 Å². The van der Waals surface area contributed by atoms with Gasteiger partial charge in [0.25, 0.3) is 5.15 Å². The largest absolute Gasteiger partial charge is 0.617 e. The topological polar surface area (TPSA) is 53.2 Å². The van der Waals surface area contributed by atoms with Crippen molar-refractivity contribution >= 4 is 17.6 Å². The van der Waals surface area contributed by atoms with Crippen LogP contribution < -0.4 is 4.73 Å². The summed E-state index contributed by atoms with van der Waals surface area (Å²) in [5.41, 5.74) is 0.726. The van der Waals surface area contributed by atoms with Crippen LogP contribution in [0.3, 0.4) is 0 Å². The summed E-state index contributed by atoms with van der Waals surface area (Å²) in [6, 6.07) is 13.5. The molecule has 0 spiro atoms. The van der Waals surface area contributed by atoms with Gasteiger partial charge >= 0.3 is 11.7 Å². The van der Waals surface area contributed by atoms with Crippen LogP contribution >= 0.6 is 11.6 Å². The first-order valence-electron chi connectivity index (χ1n) is 5.27. The van der Waals surface area contributed by atoms with E-state index >= 15 is 0 Å². The number of benzene rings is 1. The van der Waals surface area contributed by atoms with Crippen molar-refractivity contribution in [2.45, 2.75) is 6.61 Å². The highest BCUT2D eigenvalue weighted by molar-refractivity contribution is 6.28. The minimum atomic E-state index is -0.698. The molecule has 1 aromatic heterocycles. The predicted molar refractivity (Wildman–Crippen MR) is 66.0 cm³/mol. The summed E-state index contributed by atoms with van der Waals surface area (Å²) < 4.78 is 5.37. The second-order valence-corrected chi connectivity index (χ2v) is 3.98. The van der Waals surface area contributed by atoms with E-state index in [-0.39, 0.29) is 17.5 Å². The van der Waals surface area contributed by atoms with Crippen LogP contribution in [-0.2, 0) is 11.3 Å². The number of hydrogen-bond donors (Lipinski definition) is 0. The second kappa shape index (κ2) is 5.51. The Hall–Kier alpha value is -2.07. The van der Waals surface area contributed by atoms with Gasteiger partial charge in [0, 0.05) is 12.1 Å². The molecular weight excluding hydrogens is 254 g/mol. The number of ether oxygens (including phenoxy) is 1. The van der Waals surface area contributed by atoms with Crippen LogP contribution in [0.15, 0.2) is 48.5 Å². The maximum absolute atomic E-state index is 11.7. The molecule has 0 atom stereocenters. The van der Waals surface area contributed by atoms with Gasteiger partial charge in [0.05, 0.1) is 0 Å². The fraction of sp³-hybridized carbons (Fsp3) is 0.0769. The number of hydrogen-bond acceptors (Lipinski definition) is 3. The van der Waals surface area contributed by atoms with Crippen LogP contribution in [0.5, 0.6) is 0 Å². The average Bonchev–Trinajstić information content (AvgIpc) is 2.40. The van der Waals surface area contributed by atoms with E-state index in [4.69, 9.17) is 16.3 Å². The summed E-state index contributed by atoms with van der Waals surface area (Å²) in [6.45, 7) is 0.117. The summed E-state index contributed by atoms with van der Waals surface area (Å²) in [4.78, 5) is 11.7. The van der Waals surface area contributed by atoms with Gasteiger partial charge in [-0.05, 0) is 23.2 Å². The van der Waals surface area contributed by atoms with E-state index in [0.717, 1.165) is 5.56 Å². The van der Waals surface area contributed by atoms with Crippen molar-refractivity contribution in [1.29, 1.82) is 0 Å². The van der Waals surface area contributed by atoms with Crippen molar-refractivity contribution in [3.8, 4) is 0 Å². The first-order chi connectivity index (χ1) is 8.68. The zero-order valence-corrected chi connectivity index (χ0v) is 10.1. The van der Waals surface area contributed by atoms with Gasteiger partial charge in [0.1, 0.15) is 6.61 Å². The van der Waals surface area contributed by atoms with Crippen LogP contribution in [0.25, 0.3) is 0 Å². The monoisotopic (exact) mass is 263 g/mol. The molecular formula is C13H10ClNO3. The van der Waals surface area contributed by atoms with Gasteiger partial charge in [-0.2, -0.15) is 0 Å². The van der Waals surface area contributed by atoms with Gasteiger partial charge in [0.15, 0.2) is 0 Å². The number of carbonyl (C=O) groups is 1. The minimum Gasteiger partial charge on any atom is -0.617 e. The van der Waals surface area contributed by atoms with E-state index < -0.39 is 5.97 Å². The number of esters is 1. The molecule has 2 aromatic rings. The van der Waals surface area contributed by atoms with Gasteiger partial charge in [-0.3, -0.25) is 0 Å². The van der Waals surface area contributed by atoms with Crippen molar-refractivity contribution in [1.82, 2.24) is 0 Å². The Morgan fingerprint density at radius 1 is 1.17 bits per heavy atom. The molecule has 2 rings (SSSR count). The summed E-state index contributed by atoms with van der Waals surface area (Å²) in [5.74, 6) is -0.698. The number of carbonyl (C=O) groups excluding carboxylic acids is 1. The van der Waals surface area contributed by atoms with Crippen LogP contribution in [0.2, 0.25) is 5.15 Å². The van der Waals surface area contributed by atoms with Crippen molar-refractivity contribution in [2.24, 2.45) is 0 Å². The van der Waals surface area contributed by atoms with E-state index in [1.807, 2.05) is 30.3 Å². The lowest BCUT2D eigenvalue weighted by molar-refractivity contribution is -0.606. The minimum absolute atomic E-state index is 0.0656. The molecule has 92 valence electrons. The number of pyridine rings is 1. The lowest BCUT2D eigenvalue weighted by Crippen LogP contribution is -2.36. The maximum atomic E-state index is 11.7. The lowest BCUT2D eigenvalue weighted by atomic mass is 10.2. The van der Waals surface area contributed by atoms with Gasteiger partial charge in [-0.1, -0.05) is 30.3 Å². The molecule has 4 nitrogen and oxygen atoms in total. The third-order valence-electron chi connectivity index (χ3n) is 2.32. The first kappa shape index (κ1) is 12.4. The second-order valence-electron chi connectivity index (χ2n) is 3.59. The van der Waals surface area contributed by atoms with Crippen LogP contribution in [0.4, 0.5) is 0 Å². The highest BCUT2D eigenvalue weighted by Gasteiger charge is 2.19. The fourth-order valence-corrected chi connectivity index (χ4v) is 1.58. The van der Waals surface area contributed by atoms with E-state index in [1.165, 1.54) is 18.2 Å². The van der Waals surface area contributed by atoms with E-state index in [0.29, 0.717) is 4.73 Å². The molecule has 0 radical (unpaired) electrons. The fourth-order valence-electron chi connectivity index (χ4n) is 1.42. The average molecular weight is 264 g/mol. The predicted octanol–water partition coefficient (Wildman–Crippen LogP) is 2.33. The van der Waals surface area contributed by atoms with Crippen molar-refractivity contribution in [2.75, 3.05) is 0 Å². The van der Waals surface area contributed by atoms with Gasteiger partial charge in [0.2, 0.25) is 0 Å². The molecule has 0 aliphatic heterocycles. The molecule has 0 fully saturated rings. The zero-order valence-electron chi connectivity index (χ0n) is 9.38. The molecule has 5 heteroatoms. The van der Waals surface area contributed by atoms with Gasteiger partial charge < -0.3 is 9.94 Å². The van der Waals surface area contributed by atoms with Crippen molar-refractivity contribution in [3.63, 3.8) is 0 Å². The molecule has 0 unspecified atom stereocenters. The Morgan fingerprint density at radius 3 is 2.61 bits per heavy atom. The number of nitrogens with zero attached hydrogens (tertiary/aromatic N) is 1. The maximum Gasteiger partial charge on any atom is 0.405 e. The highest BCUT2D eigenvalue weighted by atomic mass is 35.5. The first-order valence-corrected chi connectivity index (χ1v) is 5.65. The molecule has 1 heterocycles. The number of halogens is 1. The smallest absolute Gasteiger partial charge is 0.405 e. The van der Waals surface area contributed by atoms with Crippen LogP contribution in [0, 0.1) is 5.21 Å². The summed E-state index contributed by atoms with van der Waals surface area (Å²) in [7, 11) is 0. The Balaban J connectivity index is 2.07. The van der Waals surface area contributed by atoms with Gasteiger partial charge in [-0.25, -0.2) is 4.79 Å². The molecule has 18 heavy (non-hydrogen) atoms. The number of aromatic nitrogens is 1. The Labute approximate surface area is 109 Å². The normalized spacial score (nSPS) is 10.1. The third kappa shape index (κ3) is 2.78. The molecule has 0 aliphatic carbocycles. The van der Waals surface area contributed by atoms with E-state index in [2.05, 4.69) is 0 Å². The molecule has 0 N–H and O–H groups in total. The summed E-state index contributed by atoms with van der Waals surface area (Å²) >= 11 is 5.62. The SMILES string of the molecule is O=C(OCc1ccccc1)c1cccc(Cl)[n+]1[O-]. The molecule has 0 amide bonds. The molecule has 0 aliphatic rings. The Morgan fingerprint density at radius 2 is 1.89 bits per heavy atom. The lowest BCUT2D eigenvalue weighted by Gasteiger charge is -2.06. The van der Waals surface area contributed by atoms with Crippen molar-refractivity contribution < 1.29 is 14.3 Å². The van der Waals surface area contributed by atoms with E-state index in [1.54, 1.807) is 0 Å². The third-order valence-corrected chi connectivity index (χ3v) is 2.60. The van der Waals surface area contributed by atoms with Gasteiger partial charge in [-0.15, -0.1) is 4.73 Å². The zero-order chi connectivity index (χ0) is 13.0. The number of rotatable bonds is 3. The standard InChI is InChI=1S/C13H10ClNO3/c14-12-8-4-7-11(15(12)17)13(16)18-9-10-5-2-1-3-6-10/h1-8H,9H2. The molecule has 0 saturated heterocycles. The molecule has 1 aromatic carbocycles. The Kier molecular flexibility index (Phi) is 3.79. The summed E-state index contributed by atoms with van der Waals surface area (Å²) in [6.07, 6.45) is 0. The summed E-state index contributed by atoms with van der Waals surface area (Å²) in [5, 5.41) is 11.4.